The van der Waals surface area contributed by atoms with Gasteiger partial charge in [0, 0.05) is 35.4 Å². The van der Waals surface area contributed by atoms with Crippen molar-refractivity contribution in [3.63, 3.8) is 0 Å². The predicted molar refractivity (Wildman–Crippen MR) is 155 cm³/mol. The van der Waals surface area contributed by atoms with Crippen molar-refractivity contribution in [2.24, 2.45) is 0 Å². The second kappa shape index (κ2) is 11.4. The molecule has 3 heterocycles. The molecule has 7 heteroatoms. The Morgan fingerprint density at radius 1 is 0.850 bits per heavy atom. The Morgan fingerprint density at radius 2 is 1.57 bits per heavy atom. The Morgan fingerprint density at radius 3 is 2.30 bits per heavy atom. The molecule has 40 heavy (non-hydrogen) atoms. The van der Waals surface area contributed by atoms with Crippen molar-refractivity contribution >= 4 is 16.7 Å². The van der Waals surface area contributed by atoms with Crippen molar-refractivity contribution in [1.82, 2.24) is 20.2 Å². The Bertz CT molecular complexity index is 1760. The average molecular weight is 527 g/mol. The molecule has 0 saturated carbocycles. The first-order valence-corrected chi connectivity index (χ1v) is 13.4. The normalized spacial score (nSPS) is 11.1. The van der Waals surface area contributed by atoms with Crippen molar-refractivity contribution in [2.45, 2.75) is 25.8 Å². The second-order valence-corrected chi connectivity index (χ2v) is 9.78. The molecule has 0 radical (unpaired) electrons. The minimum Gasteiger partial charge on any atom is -0.354 e. The average Bonchev–Trinajstić information content (AvgIpc) is 3.48. The molecule has 3 aromatic heterocycles. The van der Waals surface area contributed by atoms with E-state index in [1.165, 1.54) is 5.56 Å². The molecule has 0 atom stereocenters. The molecule has 0 spiro atoms. The van der Waals surface area contributed by atoms with E-state index in [1.54, 1.807) is 6.20 Å². The van der Waals surface area contributed by atoms with Crippen LogP contribution in [0.1, 0.15) is 23.5 Å². The van der Waals surface area contributed by atoms with E-state index in [0.717, 1.165) is 51.1 Å². The first-order chi connectivity index (χ1) is 19.7. The number of quaternary nitrogens is 1. The summed E-state index contributed by atoms with van der Waals surface area (Å²) in [5, 5.41) is 8.20. The van der Waals surface area contributed by atoms with Gasteiger partial charge in [0.25, 0.3) is 0 Å². The molecule has 0 saturated heterocycles. The Balaban J connectivity index is 1.27. The topological polar surface area (TPSA) is 113 Å². The van der Waals surface area contributed by atoms with Crippen molar-refractivity contribution in [3.05, 3.63) is 120 Å². The van der Waals surface area contributed by atoms with Crippen LogP contribution in [-0.4, -0.2) is 25.9 Å². The van der Waals surface area contributed by atoms with E-state index in [9.17, 15) is 4.79 Å². The van der Waals surface area contributed by atoms with Gasteiger partial charge in [-0.15, -0.1) is 0 Å². The maximum absolute atomic E-state index is 12.9. The van der Waals surface area contributed by atoms with Crippen molar-refractivity contribution in [1.29, 1.82) is 0 Å². The highest BCUT2D eigenvalue weighted by molar-refractivity contribution is 5.89. The molecule has 6 aromatic rings. The summed E-state index contributed by atoms with van der Waals surface area (Å²) in [5.74, 6) is 1.26. The Hall–Kier alpha value is -5.01. The van der Waals surface area contributed by atoms with Crippen LogP contribution in [0, 0.1) is 0 Å². The summed E-state index contributed by atoms with van der Waals surface area (Å²) >= 11 is 0. The smallest absolute Gasteiger partial charge is 0.219 e. The third-order valence-electron chi connectivity index (χ3n) is 7.08. The van der Waals surface area contributed by atoms with Crippen LogP contribution in [-0.2, 0) is 24.2 Å². The lowest BCUT2D eigenvalue weighted by atomic mass is 9.96. The summed E-state index contributed by atoms with van der Waals surface area (Å²) < 4.78 is 0. The van der Waals surface area contributed by atoms with Gasteiger partial charge in [0.15, 0.2) is 5.82 Å². The fourth-order valence-electron chi connectivity index (χ4n) is 4.94. The van der Waals surface area contributed by atoms with Gasteiger partial charge >= 0.3 is 0 Å². The van der Waals surface area contributed by atoms with Crippen molar-refractivity contribution < 1.29 is 15.5 Å². The number of aromatic amines is 2. The van der Waals surface area contributed by atoms with Gasteiger partial charge in [-0.3, -0.25) is 14.9 Å². The number of Topliss-reactive ketones (excluding diaryl/α,β-unsaturated/α-hetero) is 1. The van der Waals surface area contributed by atoms with E-state index in [-0.39, 0.29) is 12.2 Å². The van der Waals surface area contributed by atoms with Crippen LogP contribution in [0.25, 0.3) is 44.7 Å². The number of fused-ring (bicyclic) bond motifs is 1. The molecule has 0 amide bonds. The number of hydrogen-bond acceptors (Lipinski definition) is 4. The van der Waals surface area contributed by atoms with Gasteiger partial charge in [0.2, 0.25) is 11.2 Å². The first-order valence-electron chi connectivity index (χ1n) is 13.4. The van der Waals surface area contributed by atoms with E-state index in [2.05, 4.69) is 73.3 Å². The lowest BCUT2D eigenvalue weighted by Crippen LogP contribution is -2.47. The zero-order valence-electron chi connectivity index (χ0n) is 22.1. The molecule has 0 unspecified atom stereocenters. The van der Waals surface area contributed by atoms with Crippen LogP contribution >= 0.6 is 0 Å². The minimum atomic E-state index is 0.0870. The highest BCUT2D eigenvalue weighted by atomic mass is 16.1. The first kappa shape index (κ1) is 25.3. The zero-order valence-corrected chi connectivity index (χ0v) is 22.1. The molecule has 0 aliphatic carbocycles. The third-order valence-corrected chi connectivity index (χ3v) is 7.08. The highest BCUT2D eigenvalue weighted by Crippen LogP contribution is 2.32. The molecular weight excluding hydrogens is 496 g/mol. The fraction of sp³-hybridized carbons (Fsp3) is 0.121. The van der Waals surface area contributed by atoms with Crippen LogP contribution in [0.4, 0.5) is 0 Å². The summed E-state index contributed by atoms with van der Waals surface area (Å²) in [5.41, 5.74) is 12.3. The van der Waals surface area contributed by atoms with Crippen LogP contribution in [0.3, 0.4) is 0 Å². The molecule has 7 nitrogen and oxygen atoms in total. The van der Waals surface area contributed by atoms with Gasteiger partial charge in [-0.2, -0.15) is 5.10 Å². The number of pyridine rings is 2. The molecule has 196 valence electrons. The van der Waals surface area contributed by atoms with E-state index < -0.39 is 0 Å². The number of benzene rings is 3. The molecule has 3 aromatic carbocycles. The molecule has 6 rings (SSSR count). The van der Waals surface area contributed by atoms with E-state index >= 15 is 0 Å². The van der Waals surface area contributed by atoms with Crippen LogP contribution in [0.2, 0.25) is 0 Å². The summed E-state index contributed by atoms with van der Waals surface area (Å²) in [6.45, 7) is 0.756. The Kier molecular flexibility index (Phi) is 7.20. The number of rotatable bonds is 9. The maximum Gasteiger partial charge on any atom is 0.219 e. The fourth-order valence-corrected chi connectivity index (χ4v) is 4.94. The highest BCUT2D eigenvalue weighted by Gasteiger charge is 2.20. The summed E-state index contributed by atoms with van der Waals surface area (Å²) in [6.07, 6.45) is 2.91. The van der Waals surface area contributed by atoms with Crippen LogP contribution < -0.4 is 10.7 Å². The number of H-pyrrole nitrogens is 2. The predicted octanol–water partition coefficient (Wildman–Crippen LogP) is 4.65. The number of nitrogens with zero attached hydrogens (tertiary/aromatic N) is 3. The molecule has 0 fully saturated rings. The second-order valence-electron chi connectivity index (χ2n) is 9.78. The monoisotopic (exact) mass is 526 g/mol. The van der Waals surface area contributed by atoms with Crippen LogP contribution in [0.5, 0.6) is 0 Å². The number of hydrogen-bond donors (Lipinski definition) is 2. The molecule has 5 N–H and O–H groups in total. The maximum atomic E-state index is 12.9. The molecular formula is C33H30N6O+2. The van der Waals surface area contributed by atoms with Gasteiger partial charge in [0.05, 0.1) is 29.6 Å². The summed E-state index contributed by atoms with van der Waals surface area (Å²) in [7, 11) is 0. The largest absolute Gasteiger partial charge is 0.354 e. The van der Waals surface area contributed by atoms with E-state index in [4.69, 9.17) is 0 Å². The number of carbonyl (C=O) groups is 1. The van der Waals surface area contributed by atoms with Gasteiger partial charge in [-0.25, -0.2) is 9.97 Å². The number of nitrogens with one attached hydrogen (secondary N) is 2. The SMILES string of the molecule is [NH3+]Cc1ccc(-c2[nH+]c3ccnc(CCC(=O)Cc4nc(-c5ccccc5)n[nH]4)c3cc2-c2ccccc2)cc1. The third kappa shape index (κ3) is 5.41. The van der Waals surface area contributed by atoms with Crippen molar-refractivity contribution in [2.75, 3.05) is 0 Å². The molecule has 0 aliphatic heterocycles. The van der Waals surface area contributed by atoms with Gasteiger partial charge < -0.3 is 5.73 Å². The Labute approximate surface area is 232 Å². The number of aromatic nitrogens is 5. The van der Waals surface area contributed by atoms with E-state index in [1.807, 2.05) is 54.6 Å². The zero-order chi connectivity index (χ0) is 27.3. The number of aryl methyl sites for hydroxylation is 1. The molecule has 0 aliphatic rings. The van der Waals surface area contributed by atoms with Gasteiger partial charge in [-0.05, 0) is 30.2 Å². The summed E-state index contributed by atoms with van der Waals surface area (Å²) in [4.78, 5) is 25.8. The van der Waals surface area contributed by atoms with Gasteiger partial charge in [0.1, 0.15) is 11.6 Å². The molecule has 0 bridgehead atoms. The van der Waals surface area contributed by atoms with Crippen LogP contribution in [0.15, 0.2) is 103 Å². The van der Waals surface area contributed by atoms with Gasteiger partial charge in [-0.1, -0.05) is 72.8 Å². The quantitative estimate of drug-likeness (QED) is 0.285. The standard InChI is InChI=1S/C33H28N6O/c34-21-22-11-13-24(14-12-22)32-27(23-7-3-1-4-8-23)20-28-29(35-18-17-30(28)36-32)16-15-26(40)19-31-37-33(39-38-31)25-9-5-2-6-10-25/h1-14,17-18,20H,15-16,19,21,34H2,(H,37,38,39)/p+2. The number of ketones is 1. The lowest BCUT2D eigenvalue weighted by Gasteiger charge is -2.09. The van der Waals surface area contributed by atoms with E-state index in [0.29, 0.717) is 24.5 Å². The number of carbonyl (C=O) groups excluding carboxylic acids is 1. The summed E-state index contributed by atoms with van der Waals surface area (Å²) in [6, 6.07) is 32.8. The minimum absolute atomic E-state index is 0.0870. The van der Waals surface area contributed by atoms with Crippen molar-refractivity contribution in [3.8, 4) is 33.8 Å². The lowest BCUT2D eigenvalue weighted by molar-refractivity contribution is -0.386.